The van der Waals surface area contributed by atoms with Crippen LogP contribution in [0.5, 0.6) is 0 Å². The molecule has 0 radical (unpaired) electrons. The fourth-order valence-corrected chi connectivity index (χ4v) is 3.10. The van der Waals surface area contributed by atoms with Gasteiger partial charge in [0.15, 0.2) is 6.10 Å². The first kappa shape index (κ1) is 20.9. The zero-order chi connectivity index (χ0) is 21.8. The number of esters is 1. The van der Waals surface area contributed by atoms with E-state index in [0.29, 0.717) is 17.1 Å². The van der Waals surface area contributed by atoms with Gasteiger partial charge in [0.25, 0.3) is 11.5 Å². The van der Waals surface area contributed by atoms with Crippen LogP contribution >= 0.6 is 0 Å². The third kappa shape index (κ3) is 4.12. The van der Waals surface area contributed by atoms with Crippen LogP contribution in [0, 0.1) is 6.92 Å². The van der Waals surface area contributed by atoms with Crippen molar-refractivity contribution in [2.45, 2.75) is 26.4 Å². The van der Waals surface area contributed by atoms with E-state index in [9.17, 15) is 14.4 Å². The molecule has 0 bridgehead atoms. The summed E-state index contributed by atoms with van der Waals surface area (Å²) in [6.07, 6.45) is -0.804. The van der Waals surface area contributed by atoms with Gasteiger partial charge in [-0.1, -0.05) is 31.2 Å². The van der Waals surface area contributed by atoms with E-state index < -0.39 is 18.0 Å². The number of nitrogens with one attached hydrogen (secondary N) is 1. The largest absolute Gasteiger partial charge is 0.449 e. The number of amides is 1. The number of para-hydroxylation sites is 1. The molecule has 0 aliphatic heterocycles. The summed E-state index contributed by atoms with van der Waals surface area (Å²) in [7, 11) is 1.73. The number of rotatable bonds is 6. The van der Waals surface area contributed by atoms with E-state index >= 15 is 0 Å². The minimum atomic E-state index is -1.05. The summed E-state index contributed by atoms with van der Waals surface area (Å²) in [6.45, 7) is 3.45. The minimum Gasteiger partial charge on any atom is -0.449 e. The smallest absolute Gasteiger partial charge is 0.338 e. The Morgan fingerprint density at radius 1 is 1.13 bits per heavy atom. The van der Waals surface area contributed by atoms with Crippen LogP contribution in [0.25, 0.3) is 5.69 Å². The Hall–Kier alpha value is -3.81. The number of nitrogen functional groups attached to an aromatic ring is 1. The van der Waals surface area contributed by atoms with Crippen LogP contribution in [-0.4, -0.2) is 27.3 Å². The number of ether oxygens (including phenoxy) is 1. The van der Waals surface area contributed by atoms with E-state index in [-0.39, 0.29) is 23.2 Å². The molecular formula is C22H24N4O4. The van der Waals surface area contributed by atoms with E-state index in [1.54, 1.807) is 55.9 Å². The van der Waals surface area contributed by atoms with Gasteiger partial charge in [-0.25, -0.2) is 9.48 Å². The van der Waals surface area contributed by atoms with Gasteiger partial charge in [0.05, 0.1) is 16.9 Å². The SMILES string of the molecule is CCC(OC(=O)c1cccc(N)c1)C(=O)Nc1c(C)n(C)n(-c2ccccc2)c1=O. The molecule has 3 rings (SSSR count). The fraction of sp³-hybridized carbons (Fsp3) is 0.227. The first-order chi connectivity index (χ1) is 14.3. The highest BCUT2D eigenvalue weighted by molar-refractivity contribution is 5.98. The normalized spacial score (nSPS) is 11.7. The Morgan fingerprint density at radius 3 is 2.47 bits per heavy atom. The van der Waals surface area contributed by atoms with Crippen molar-refractivity contribution >= 4 is 23.3 Å². The monoisotopic (exact) mass is 408 g/mol. The average molecular weight is 408 g/mol. The van der Waals surface area contributed by atoms with Crippen molar-refractivity contribution in [2.75, 3.05) is 11.1 Å². The molecule has 156 valence electrons. The van der Waals surface area contributed by atoms with Crippen molar-refractivity contribution < 1.29 is 14.3 Å². The van der Waals surface area contributed by atoms with Crippen molar-refractivity contribution in [1.29, 1.82) is 0 Å². The third-order valence-corrected chi connectivity index (χ3v) is 4.84. The Morgan fingerprint density at radius 2 is 1.83 bits per heavy atom. The number of nitrogens with two attached hydrogens (primary N) is 1. The molecule has 0 aliphatic rings. The summed E-state index contributed by atoms with van der Waals surface area (Å²) < 4.78 is 8.48. The average Bonchev–Trinajstić information content (AvgIpc) is 2.95. The molecule has 1 amide bonds. The van der Waals surface area contributed by atoms with E-state index in [4.69, 9.17) is 10.5 Å². The van der Waals surface area contributed by atoms with Crippen LogP contribution in [0.15, 0.2) is 59.4 Å². The van der Waals surface area contributed by atoms with Crippen LogP contribution in [-0.2, 0) is 16.6 Å². The zero-order valence-corrected chi connectivity index (χ0v) is 17.1. The van der Waals surface area contributed by atoms with Gasteiger partial charge in [0, 0.05) is 12.7 Å². The molecule has 1 heterocycles. The number of hydrogen-bond acceptors (Lipinski definition) is 5. The zero-order valence-electron chi connectivity index (χ0n) is 17.1. The number of aromatic nitrogens is 2. The van der Waals surface area contributed by atoms with Crippen molar-refractivity contribution in [2.24, 2.45) is 7.05 Å². The van der Waals surface area contributed by atoms with Crippen molar-refractivity contribution in [3.05, 3.63) is 76.2 Å². The second-order valence-corrected chi connectivity index (χ2v) is 6.85. The highest BCUT2D eigenvalue weighted by atomic mass is 16.5. The standard InChI is InChI=1S/C22H24N4O4/c1-4-18(30-22(29)15-9-8-10-16(23)13-15)20(27)24-19-14(2)25(3)26(21(19)28)17-11-6-5-7-12-17/h5-13,18H,4,23H2,1-3H3,(H,24,27). The predicted molar refractivity (Wildman–Crippen MR) is 115 cm³/mol. The van der Waals surface area contributed by atoms with Gasteiger partial charge in [-0.05, 0) is 43.7 Å². The second kappa shape index (κ2) is 8.69. The second-order valence-electron chi connectivity index (χ2n) is 6.85. The lowest BCUT2D eigenvalue weighted by atomic mass is 10.2. The van der Waals surface area contributed by atoms with Crippen LogP contribution in [0.3, 0.4) is 0 Å². The first-order valence-electron chi connectivity index (χ1n) is 9.54. The lowest BCUT2D eigenvalue weighted by Gasteiger charge is -2.15. The number of anilines is 2. The maximum atomic E-state index is 12.9. The van der Waals surface area contributed by atoms with E-state index in [1.807, 2.05) is 18.2 Å². The summed E-state index contributed by atoms with van der Waals surface area (Å²) in [5.74, 6) is -1.23. The lowest BCUT2D eigenvalue weighted by Crippen LogP contribution is -2.33. The number of nitrogens with zero attached hydrogens (tertiary/aromatic N) is 2. The summed E-state index contributed by atoms with van der Waals surface area (Å²) in [5.41, 5.74) is 7.39. The van der Waals surface area contributed by atoms with Crippen LogP contribution in [0.4, 0.5) is 11.4 Å². The van der Waals surface area contributed by atoms with Crippen LogP contribution < -0.4 is 16.6 Å². The van der Waals surface area contributed by atoms with Gasteiger partial charge in [0.2, 0.25) is 0 Å². The molecule has 8 nitrogen and oxygen atoms in total. The first-order valence-corrected chi connectivity index (χ1v) is 9.54. The molecule has 3 N–H and O–H groups in total. The highest BCUT2D eigenvalue weighted by Gasteiger charge is 2.25. The fourth-order valence-electron chi connectivity index (χ4n) is 3.10. The van der Waals surface area contributed by atoms with Crippen molar-refractivity contribution in [1.82, 2.24) is 9.36 Å². The van der Waals surface area contributed by atoms with Gasteiger partial charge >= 0.3 is 5.97 Å². The summed E-state index contributed by atoms with van der Waals surface area (Å²) in [5, 5.41) is 2.63. The quantitative estimate of drug-likeness (QED) is 0.481. The molecule has 30 heavy (non-hydrogen) atoms. The van der Waals surface area contributed by atoms with Gasteiger partial charge in [-0.15, -0.1) is 0 Å². The number of carbonyl (C=O) groups is 2. The maximum absolute atomic E-state index is 12.9. The minimum absolute atomic E-state index is 0.143. The van der Waals surface area contributed by atoms with Crippen LogP contribution in [0.1, 0.15) is 29.4 Å². The molecule has 0 fully saturated rings. The highest BCUT2D eigenvalue weighted by Crippen LogP contribution is 2.16. The Kier molecular flexibility index (Phi) is 6.06. The molecule has 2 aromatic carbocycles. The molecule has 0 aliphatic carbocycles. The van der Waals surface area contributed by atoms with Gasteiger partial charge in [-0.2, -0.15) is 0 Å². The molecule has 1 atom stereocenters. The Balaban J connectivity index is 1.82. The van der Waals surface area contributed by atoms with E-state index in [2.05, 4.69) is 5.32 Å². The van der Waals surface area contributed by atoms with E-state index in [0.717, 1.165) is 0 Å². The predicted octanol–water partition coefficient (Wildman–Crippen LogP) is 2.64. The molecule has 1 unspecified atom stereocenters. The molecule has 8 heteroatoms. The molecule has 0 saturated heterocycles. The van der Waals surface area contributed by atoms with Gasteiger partial charge < -0.3 is 15.8 Å². The van der Waals surface area contributed by atoms with Gasteiger partial charge in [-0.3, -0.25) is 14.3 Å². The molecular weight excluding hydrogens is 384 g/mol. The summed E-state index contributed by atoms with van der Waals surface area (Å²) in [4.78, 5) is 38.1. The molecule has 0 saturated carbocycles. The van der Waals surface area contributed by atoms with E-state index in [1.165, 1.54) is 10.7 Å². The molecule has 0 spiro atoms. The topological polar surface area (TPSA) is 108 Å². The summed E-state index contributed by atoms with van der Waals surface area (Å²) in [6, 6.07) is 15.4. The Labute approximate surface area is 173 Å². The lowest BCUT2D eigenvalue weighted by molar-refractivity contribution is -0.124. The maximum Gasteiger partial charge on any atom is 0.338 e. The number of hydrogen-bond donors (Lipinski definition) is 2. The number of carbonyl (C=O) groups excluding carboxylic acids is 2. The van der Waals surface area contributed by atoms with Crippen molar-refractivity contribution in [3.63, 3.8) is 0 Å². The number of benzene rings is 2. The molecule has 1 aromatic heterocycles. The van der Waals surface area contributed by atoms with Crippen LogP contribution in [0.2, 0.25) is 0 Å². The third-order valence-electron chi connectivity index (χ3n) is 4.84. The van der Waals surface area contributed by atoms with Gasteiger partial charge in [0.1, 0.15) is 5.69 Å². The Bertz CT molecular complexity index is 1130. The molecule has 3 aromatic rings. The van der Waals surface area contributed by atoms with Crippen molar-refractivity contribution in [3.8, 4) is 5.69 Å². The summed E-state index contributed by atoms with van der Waals surface area (Å²) >= 11 is 0.